The number of likely N-dealkylation sites (tertiary alicyclic amines) is 1. The Morgan fingerprint density at radius 1 is 0.786 bits per heavy atom. The number of hydrogen-bond donors (Lipinski definition) is 1. The van der Waals surface area contributed by atoms with Gasteiger partial charge < -0.3 is 10.0 Å². The van der Waals surface area contributed by atoms with Crippen molar-refractivity contribution >= 4 is 0 Å². The molecule has 0 aromatic heterocycles. The monoisotopic (exact) mass is 199 g/mol. The van der Waals surface area contributed by atoms with Gasteiger partial charge in [0.1, 0.15) is 0 Å². The molecule has 0 aliphatic carbocycles. The molecule has 1 N–H and O–H groups in total. The molecule has 1 rings (SSSR count). The molecule has 0 aromatic carbocycles. The molecule has 0 radical (unpaired) electrons. The van der Waals surface area contributed by atoms with Crippen LogP contribution in [0.1, 0.15) is 51.4 Å². The van der Waals surface area contributed by atoms with Crippen molar-refractivity contribution < 1.29 is 5.11 Å². The molecule has 0 saturated carbocycles. The molecule has 0 atom stereocenters. The van der Waals surface area contributed by atoms with Crippen LogP contribution >= 0.6 is 0 Å². The summed E-state index contributed by atoms with van der Waals surface area (Å²) in [5, 5.41) is 8.64. The van der Waals surface area contributed by atoms with Crippen LogP contribution in [0, 0.1) is 0 Å². The number of rotatable bonds is 6. The fraction of sp³-hybridized carbons (Fsp3) is 1.00. The van der Waals surface area contributed by atoms with Crippen LogP contribution in [0.25, 0.3) is 0 Å². The average Bonchev–Trinajstić information content (AvgIpc) is 2.46. The summed E-state index contributed by atoms with van der Waals surface area (Å²) in [6, 6.07) is 0. The van der Waals surface area contributed by atoms with Gasteiger partial charge in [-0.2, -0.15) is 0 Å². The summed E-state index contributed by atoms with van der Waals surface area (Å²) in [6.07, 6.45) is 10.5. The topological polar surface area (TPSA) is 23.5 Å². The third-order valence-corrected chi connectivity index (χ3v) is 3.08. The second-order valence-electron chi connectivity index (χ2n) is 4.39. The summed E-state index contributed by atoms with van der Waals surface area (Å²) >= 11 is 0. The van der Waals surface area contributed by atoms with E-state index in [1.807, 2.05) is 0 Å². The summed E-state index contributed by atoms with van der Waals surface area (Å²) in [5.41, 5.74) is 0. The average molecular weight is 199 g/mol. The molecule has 1 aliphatic heterocycles. The van der Waals surface area contributed by atoms with Crippen molar-refractivity contribution in [1.29, 1.82) is 0 Å². The van der Waals surface area contributed by atoms with Crippen molar-refractivity contribution in [2.24, 2.45) is 0 Å². The Morgan fingerprint density at radius 2 is 1.43 bits per heavy atom. The van der Waals surface area contributed by atoms with E-state index in [0.717, 1.165) is 6.42 Å². The Hall–Kier alpha value is -0.0800. The summed E-state index contributed by atoms with van der Waals surface area (Å²) < 4.78 is 0. The molecule has 14 heavy (non-hydrogen) atoms. The zero-order valence-corrected chi connectivity index (χ0v) is 9.38. The Morgan fingerprint density at radius 3 is 2.07 bits per heavy atom. The quantitative estimate of drug-likeness (QED) is 0.664. The summed E-state index contributed by atoms with van der Waals surface area (Å²) in [6.45, 7) is 4.29. The molecule has 84 valence electrons. The lowest BCUT2D eigenvalue weighted by atomic mass is 10.2. The van der Waals surface area contributed by atoms with Gasteiger partial charge in [-0.25, -0.2) is 0 Å². The van der Waals surface area contributed by atoms with Crippen LogP contribution in [0.3, 0.4) is 0 Å². The van der Waals surface area contributed by atoms with Crippen molar-refractivity contribution in [1.82, 2.24) is 4.90 Å². The van der Waals surface area contributed by atoms with Gasteiger partial charge in [0.25, 0.3) is 0 Å². The van der Waals surface area contributed by atoms with Crippen LogP contribution in [-0.2, 0) is 0 Å². The lowest BCUT2D eigenvalue weighted by Crippen LogP contribution is -2.25. The van der Waals surface area contributed by atoms with Crippen LogP contribution < -0.4 is 0 Å². The minimum Gasteiger partial charge on any atom is -0.396 e. The first kappa shape index (κ1) is 12.0. The van der Waals surface area contributed by atoms with Crippen LogP contribution in [0.15, 0.2) is 0 Å². The number of hydrogen-bond acceptors (Lipinski definition) is 2. The maximum Gasteiger partial charge on any atom is 0.0431 e. The highest BCUT2D eigenvalue weighted by atomic mass is 16.2. The summed E-state index contributed by atoms with van der Waals surface area (Å²) in [7, 11) is 0. The molecule has 0 aromatic rings. The van der Waals surface area contributed by atoms with Crippen LogP contribution in [0.4, 0.5) is 0 Å². The summed E-state index contributed by atoms with van der Waals surface area (Å²) in [4.78, 5) is 2.62. The number of unbranched alkanes of at least 4 members (excludes halogenated alkanes) is 3. The van der Waals surface area contributed by atoms with Gasteiger partial charge in [0, 0.05) is 6.61 Å². The van der Waals surface area contributed by atoms with Crippen LogP contribution in [0.2, 0.25) is 0 Å². The second-order valence-corrected chi connectivity index (χ2v) is 4.39. The van der Waals surface area contributed by atoms with E-state index in [1.165, 1.54) is 64.6 Å². The maximum absolute atomic E-state index is 8.64. The van der Waals surface area contributed by atoms with E-state index in [-0.39, 0.29) is 0 Å². The molecule has 1 fully saturated rings. The van der Waals surface area contributed by atoms with E-state index in [4.69, 9.17) is 5.11 Å². The SMILES string of the molecule is OCCCCCCN1CCCCCC1. The lowest BCUT2D eigenvalue weighted by molar-refractivity contribution is 0.266. The minimum atomic E-state index is 0.365. The zero-order valence-electron chi connectivity index (χ0n) is 9.38. The third-order valence-electron chi connectivity index (χ3n) is 3.08. The number of aliphatic hydroxyl groups excluding tert-OH is 1. The summed E-state index contributed by atoms with van der Waals surface area (Å²) in [5.74, 6) is 0. The van der Waals surface area contributed by atoms with E-state index in [9.17, 15) is 0 Å². The predicted molar refractivity (Wildman–Crippen MR) is 60.5 cm³/mol. The van der Waals surface area contributed by atoms with Gasteiger partial charge in [0.15, 0.2) is 0 Å². The Kier molecular flexibility index (Phi) is 7.06. The molecule has 1 aliphatic rings. The fourth-order valence-corrected chi connectivity index (χ4v) is 2.16. The van der Waals surface area contributed by atoms with Gasteiger partial charge >= 0.3 is 0 Å². The van der Waals surface area contributed by atoms with Gasteiger partial charge in [-0.3, -0.25) is 0 Å². The van der Waals surface area contributed by atoms with E-state index in [1.54, 1.807) is 0 Å². The molecular formula is C12H25NO. The van der Waals surface area contributed by atoms with Crippen LogP contribution in [0.5, 0.6) is 0 Å². The Bertz CT molecular complexity index is 119. The van der Waals surface area contributed by atoms with Gasteiger partial charge in [-0.15, -0.1) is 0 Å². The third kappa shape index (κ3) is 5.61. The van der Waals surface area contributed by atoms with Gasteiger partial charge in [-0.05, 0) is 45.3 Å². The van der Waals surface area contributed by atoms with Crippen molar-refractivity contribution in [2.75, 3.05) is 26.2 Å². The smallest absolute Gasteiger partial charge is 0.0431 e. The molecule has 0 amide bonds. The molecule has 1 saturated heterocycles. The Labute approximate surface area is 88.3 Å². The van der Waals surface area contributed by atoms with Gasteiger partial charge in [0.2, 0.25) is 0 Å². The van der Waals surface area contributed by atoms with Crippen molar-refractivity contribution in [3.8, 4) is 0 Å². The number of aliphatic hydroxyl groups is 1. The highest BCUT2D eigenvalue weighted by Gasteiger charge is 2.07. The van der Waals surface area contributed by atoms with Gasteiger partial charge in [-0.1, -0.05) is 25.7 Å². The largest absolute Gasteiger partial charge is 0.396 e. The maximum atomic E-state index is 8.64. The molecular weight excluding hydrogens is 174 g/mol. The second kappa shape index (κ2) is 8.25. The normalized spacial score (nSPS) is 19.5. The predicted octanol–water partition coefficient (Wildman–Crippen LogP) is 2.42. The van der Waals surface area contributed by atoms with E-state index >= 15 is 0 Å². The molecule has 2 nitrogen and oxygen atoms in total. The number of nitrogens with zero attached hydrogens (tertiary/aromatic N) is 1. The van der Waals surface area contributed by atoms with Crippen molar-refractivity contribution in [3.63, 3.8) is 0 Å². The minimum absolute atomic E-state index is 0.365. The highest BCUT2D eigenvalue weighted by Crippen LogP contribution is 2.10. The van der Waals surface area contributed by atoms with Crippen molar-refractivity contribution in [3.05, 3.63) is 0 Å². The van der Waals surface area contributed by atoms with Gasteiger partial charge in [0.05, 0.1) is 0 Å². The molecule has 2 heteroatoms. The molecule has 1 heterocycles. The van der Waals surface area contributed by atoms with E-state index in [0.29, 0.717) is 6.61 Å². The first-order chi connectivity index (χ1) is 6.93. The Balaban J connectivity index is 1.93. The van der Waals surface area contributed by atoms with E-state index in [2.05, 4.69) is 4.90 Å². The van der Waals surface area contributed by atoms with Crippen molar-refractivity contribution in [2.45, 2.75) is 51.4 Å². The van der Waals surface area contributed by atoms with Crippen LogP contribution in [-0.4, -0.2) is 36.2 Å². The molecule has 0 unspecified atom stereocenters. The standard InChI is InChI=1S/C12H25NO/c14-12-8-4-3-7-11-13-9-5-1-2-6-10-13/h14H,1-12H2. The first-order valence-corrected chi connectivity index (χ1v) is 6.26. The fourth-order valence-electron chi connectivity index (χ4n) is 2.16. The highest BCUT2D eigenvalue weighted by molar-refractivity contribution is 4.63. The first-order valence-electron chi connectivity index (χ1n) is 6.26. The molecule has 0 spiro atoms. The van der Waals surface area contributed by atoms with E-state index < -0.39 is 0 Å². The zero-order chi connectivity index (χ0) is 10.1. The molecule has 0 bridgehead atoms. The lowest BCUT2D eigenvalue weighted by Gasteiger charge is -2.19.